The van der Waals surface area contributed by atoms with E-state index in [1.54, 1.807) is 4.90 Å². The van der Waals surface area contributed by atoms with Crippen LogP contribution in [0.5, 0.6) is 0 Å². The fourth-order valence-electron chi connectivity index (χ4n) is 2.34. The molecule has 1 atom stereocenters. The number of amides is 1. The van der Waals surface area contributed by atoms with Crippen molar-refractivity contribution >= 4 is 5.91 Å². The average Bonchev–Trinajstić information content (AvgIpc) is 2.71. The van der Waals surface area contributed by atoms with Crippen molar-refractivity contribution in [2.75, 3.05) is 39.8 Å². The van der Waals surface area contributed by atoms with Crippen LogP contribution in [0.15, 0.2) is 0 Å². The van der Waals surface area contributed by atoms with Crippen LogP contribution in [0.2, 0.25) is 0 Å². The molecule has 80 valence electrons. The highest BCUT2D eigenvalue weighted by atomic mass is 16.2. The maximum absolute atomic E-state index is 12.0. The Morgan fingerprint density at radius 2 is 2.14 bits per heavy atom. The number of carbonyl (C=O) groups is 1. The number of hydrogen-bond donors (Lipinski definition) is 2. The van der Waals surface area contributed by atoms with Gasteiger partial charge in [-0.15, -0.1) is 0 Å². The van der Waals surface area contributed by atoms with E-state index in [0.717, 1.165) is 39.1 Å². The van der Waals surface area contributed by atoms with Crippen LogP contribution in [0.25, 0.3) is 0 Å². The van der Waals surface area contributed by atoms with E-state index in [0.29, 0.717) is 5.91 Å². The highest BCUT2D eigenvalue weighted by molar-refractivity contribution is 5.80. The molecule has 0 aromatic rings. The second-order valence-electron chi connectivity index (χ2n) is 4.56. The summed E-state index contributed by atoms with van der Waals surface area (Å²) >= 11 is 0. The summed E-state index contributed by atoms with van der Waals surface area (Å²) in [6.45, 7) is 5.26. The molecule has 3 N–H and O–H groups in total. The zero-order valence-electron chi connectivity index (χ0n) is 8.96. The van der Waals surface area contributed by atoms with Crippen LogP contribution in [-0.4, -0.2) is 56.6 Å². The first-order valence-corrected chi connectivity index (χ1v) is 5.71. The van der Waals surface area contributed by atoms with Crippen LogP contribution in [0.4, 0.5) is 0 Å². The van der Waals surface area contributed by atoms with Gasteiger partial charge >= 0.3 is 0 Å². The minimum atomic E-state index is 0.244. The van der Waals surface area contributed by atoms with Gasteiger partial charge in [-0.2, -0.15) is 0 Å². The van der Waals surface area contributed by atoms with Gasteiger partial charge < -0.3 is 15.1 Å². The number of nitrogens with two attached hydrogens (primary N) is 1. The molecule has 0 saturated carbocycles. The van der Waals surface area contributed by atoms with Gasteiger partial charge in [-0.1, -0.05) is 0 Å². The fraction of sp³-hybridized carbons (Fsp3) is 0.900. The number of rotatable bonds is 1. The van der Waals surface area contributed by atoms with Gasteiger partial charge in [-0.05, 0) is 0 Å². The van der Waals surface area contributed by atoms with Crippen LogP contribution < -0.4 is 10.2 Å². The predicted molar refractivity (Wildman–Crippen MR) is 53.0 cm³/mol. The summed E-state index contributed by atoms with van der Waals surface area (Å²) < 4.78 is 0. The molecule has 0 radical (unpaired) electrons. The first-order chi connectivity index (χ1) is 6.77. The van der Waals surface area contributed by atoms with Crippen LogP contribution >= 0.6 is 0 Å². The number of carbonyl (C=O) groups excluding carboxylic acids is 1. The summed E-state index contributed by atoms with van der Waals surface area (Å²) in [5, 5.41) is 2.20. The van der Waals surface area contributed by atoms with E-state index in [1.807, 2.05) is 0 Å². The molecule has 2 aliphatic rings. The Kier molecular flexibility index (Phi) is 3.03. The third kappa shape index (κ3) is 2.07. The van der Waals surface area contributed by atoms with Crippen LogP contribution in [-0.2, 0) is 4.79 Å². The van der Waals surface area contributed by atoms with Crippen molar-refractivity contribution in [2.45, 2.75) is 18.9 Å². The summed E-state index contributed by atoms with van der Waals surface area (Å²) in [4.78, 5) is 15.6. The normalized spacial score (nSPS) is 29.5. The molecule has 14 heavy (non-hydrogen) atoms. The Labute approximate surface area is 85.2 Å². The fourth-order valence-corrected chi connectivity index (χ4v) is 2.34. The van der Waals surface area contributed by atoms with Crippen LogP contribution in [0.1, 0.15) is 12.8 Å². The van der Waals surface area contributed by atoms with Gasteiger partial charge in [0.15, 0.2) is 6.04 Å². The van der Waals surface area contributed by atoms with Crippen molar-refractivity contribution in [2.24, 2.45) is 0 Å². The Hall–Kier alpha value is -0.610. The molecule has 2 aliphatic heterocycles. The lowest BCUT2D eigenvalue weighted by atomic mass is 10.2. The van der Waals surface area contributed by atoms with Crippen LogP contribution in [0, 0.1) is 0 Å². The van der Waals surface area contributed by atoms with E-state index in [-0.39, 0.29) is 6.04 Å². The summed E-state index contributed by atoms with van der Waals surface area (Å²) in [5.41, 5.74) is 0. The lowest BCUT2D eigenvalue weighted by molar-refractivity contribution is -0.883. The lowest BCUT2D eigenvalue weighted by Gasteiger charge is -2.30. The molecule has 4 heteroatoms. The Morgan fingerprint density at radius 1 is 1.43 bits per heavy atom. The van der Waals surface area contributed by atoms with Gasteiger partial charge in [0.2, 0.25) is 0 Å². The molecule has 1 amide bonds. The molecule has 2 saturated heterocycles. The van der Waals surface area contributed by atoms with Crippen molar-refractivity contribution in [3.8, 4) is 0 Å². The minimum Gasteiger partial charge on any atom is -0.336 e. The smallest absolute Gasteiger partial charge is 0.281 e. The number of quaternary nitrogens is 2. The molecular weight excluding hydrogens is 178 g/mol. The maximum Gasteiger partial charge on any atom is 0.281 e. The lowest BCUT2D eigenvalue weighted by Crippen LogP contribution is -3.12. The quantitative estimate of drug-likeness (QED) is 0.466. The predicted octanol–water partition coefficient (Wildman–Crippen LogP) is -2.93. The zero-order valence-corrected chi connectivity index (χ0v) is 8.96. The summed E-state index contributed by atoms with van der Waals surface area (Å²) in [5.74, 6) is 0.384. The topological polar surface area (TPSA) is 41.4 Å². The molecule has 2 heterocycles. The second kappa shape index (κ2) is 4.28. The first-order valence-electron chi connectivity index (χ1n) is 5.71. The monoisotopic (exact) mass is 199 g/mol. The molecule has 0 bridgehead atoms. The van der Waals surface area contributed by atoms with E-state index in [1.165, 1.54) is 6.42 Å². The first kappa shape index (κ1) is 9.93. The standard InChI is InChI=1S/C10H19N3O/c1-12-5-7-13(8-6-12)10(14)9-3-2-4-11-9/h9,11H,2-8H2,1H3/p+2/t9-/m0/s1. The Morgan fingerprint density at radius 3 is 2.71 bits per heavy atom. The summed E-state index contributed by atoms with van der Waals surface area (Å²) in [6.07, 6.45) is 2.29. The van der Waals surface area contributed by atoms with Crippen LogP contribution in [0.3, 0.4) is 0 Å². The minimum absolute atomic E-state index is 0.244. The molecule has 0 spiro atoms. The Balaban J connectivity index is 1.85. The molecule has 0 aromatic heterocycles. The molecule has 2 fully saturated rings. The SMILES string of the molecule is C[NH+]1CCN(C(=O)[C@@H]2CCC[NH2+]2)CC1. The van der Waals surface area contributed by atoms with E-state index < -0.39 is 0 Å². The number of hydrogen-bond acceptors (Lipinski definition) is 1. The van der Waals surface area contributed by atoms with Crippen molar-refractivity contribution in [3.63, 3.8) is 0 Å². The molecule has 4 nitrogen and oxygen atoms in total. The number of piperazine rings is 1. The highest BCUT2D eigenvalue weighted by Crippen LogP contribution is 2.02. The zero-order chi connectivity index (χ0) is 9.97. The third-order valence-corrected chi connectivity index (χ3v) is 3.42. The van der Waals surface area contributed by atoms with E-state index >= 15 is 0 Å². The van der Waals surface area contributed by atoms with Crippen molar-refractivity contribution in [1.29, 1.82) is 0 Å². The van der Waals surface area contributed by atoms with Gasteiger partial charge in [0.25, 0.3) is 5.91 Å². The second-order valence-corrected chi connectivity index (χ2v) is 4.56. The van der Waals surface area contributed by atoms with Gasteiger partial charge in [-0.3, -0.25) is 4.79 Å². The van der Waals surface area contributed by atoms with Gasteiger partial charge in [0.1, 0.15) is 0 Å². The maximum atomic E-state index is 12.0. The summed E-state index contributed by atoms with van der Waals surface area (Å²) in [6, 6.07) is 0.244. The highest BCUT2D eigenvalue weighted by Gasteiger charge is 2.32. The van der Waals surface area contributed by atoms with E-state index in [9.17, 15) is 4.79 Å². The van der Waals surface area contributed by atoms with E-state index in [4.69, 9.17) is 0 Å². The number of likely N-dealkylation sites (N-methyl/N-ethyl adjacent to an activating group) is 1. The summed E-state index contributed by atoms with van der Waals surface area (Å²) in [7, 11) is 2.20. The molecule has 0 aromatic carbocycles. The van der Waals surface area contributed by atoms with Crippen molar-refractivity contribution < 1.29 is 15.0 Å². The number of nitrogens with one attached hydrogen (secondary N) is 1. The van der Waals surface area contributed by atoms with Gasteiger partial charge in [0.05, 0.1) is 39.8 Å². The van der Waals surface area contributed by atoms with Crippen molar-refractivity contribution in [1.82, 2.24) is 4.90 Å². The molecular formula is C10H21N3O+2. The number of nitrogens with zero attached hydrogens (tertiary/aromatic N) is 1. The van der Waals surface area contributed by atoms with Gasteiger partial charge in [-0.25, -0.2) is 0 Å². The van der Waals surface area contributed by atoms with Gasteiger partial charge in [0, 0.05) is 12.8 Å². The molecule has 0 unspecified atom stereocenters. The third-order valence-electron chi connectivity index (χ3n) is 3.42. The van der Waals surface area contributed by atoms with E-state index in [2.05, 4.69) is 17.3 Å². The molecule has 2 rings (SSSR count). The Bertz CT molecular complexity index is 205. The molecule has 0 aliphatic carbocycles. The largest absolute Gasteiger partial charge is 0.336 e. The van der Waals surface area contributed by atoms with Crippen molar-refractivity contribution in [3.05, 3.63) is 0 Å². The average molecular weight is 199 g/mol.